The highest BCUT2D eigenvalue weighted by Gasteiger charge is 2.86. The third kappa shape index (κ3) is 1.55. The van der Waals surface area contributed by atoms with E-state index in [1.54, 1.807) is 13.0 Å². The van der Waals surface area contributed by atoms with Gasteiger partial charge in [0.1, 0.15) is 23.6 Å². The van der Waals surface area contributed by atoms with Crippen LogP contribution in [0.1, 0.15) is 26.7 Å². The van der Waals surface area contributed by atoms with Crippen LogP contribution < -0.4 is 0 Å². The Labute approximate surface area is 139 Å². The van der Waals surface area contributed by atoms with Crippen molar-refractivity contribution in [3.8, 4) is 0 Å². The number of Topliss-reactive ketones (excluding diaryl/α,β-unsaturated/α-hetero) is 2. The summed E-state index contributed by atoms with van der Waals surface area (Å²) < 4.78 is 11.7. The smallest absolute Gasteiger partial charge is 0.159 e. The minimum Gasteiger partial charge on any atom is -0.396 e. The van der Waals surface area contributed by atoms with Crippen molar-refractivity contribution in [2.75, 3.05) is 13.2 Å². The third-order valence-corrected chi connectivity index (χ3v) is 6.66. The van der Waals surface area contributed by atoms with Gasteiger partial charge in [-0.05, 0) is 25.5 Å². The van der Waals surface area contributed by atoms with E-state index in [4.69, 9.17) is 9.47 Å². The fourth-order valence-electron chi connectivity index (χ4n) is 5.50. The van der Waals surface area contributed by atoms with E-state index < -0.39 is 47.5 Å². The highest BCUT2D eigenvalue weighted by Crippen LogP contribution is 2.72. The molecule has 0 radical (unpaired) electrons. The third-order valence-electron chi connectivity index (χ3n) is 6.66. The number of ketones is 2. The van der Waals surface area contributed by atoms with Crippen LogP contribution in [0.15, 0.2) is 11.6 Å². The predicted octanol–water partition coefficient (Wildman–Crippen LogP) is -0.878. The van der Waals surface area contributed by atoms with E-state index >= 15 is 0 Å². The lowest BCUT2D eigenvalue weighted by Gasteiger charge is -2.58. The molecule has 2 saturated heterocycles. The summed E-state index contributed by atoms with van der Waals surface area (Å²) in [4.78, 5) is 24.5. The van der Waals surface area contributed by atoms with Crippen LogP contribution in [-0.2, 0) is 19.1 Å². The van der Waals surface area contributed by atoms with Crippen molar-refractivity contribution in [2.45, 2.75) is 56.7 Å². The first-order valence-corrected chi connectivity index (χ1v) is 8.23. The first-order chi connectivity index (χ1) is 11.3. The second kappa shape index (κ2) is 4.74. The average molecular weight is 338 g/mol. The summed E-state index contributed by atoms with van der Waals surface area (Å²) in [5.41, 5.74) is -2.95. The van der Waals surface area contributed by atoms with Gasteiger partial charge >= 0.3 is 0 Å². The summed E-state index contributed by atoms with van der Waals surface area (Å²) in [6.45, 7) is 2.86. The second-order valence-electron chi connectivity index (χ2n) is 7.70. The van der Waals surface area contributed by atoms with Crippen LogP contribution in [0.2, 0.25) is 0 Å². The largest absolute Gasteiger partial charge is 0.396 e. The molecule has 2 bridgehead atoms. The Morgan fingerprint density at radius 2 is 2.08 bits per heavy atom. The number of ether oxygens (including phenoxy) is 2. The highest BCUT2D eigenvalue weighted by atomic mass is 16.6. The molecule has 0 unspecified atom stereocenters. The minimum atomic E-state index is -1.31. The number of carbonyl (C=O) groups excluding carboxylic acids is 2. The van der Waals surface area contributed by atoms with E-state index in [9.17, 15) is 24.9 Å². The van der Waals surface area contributed by atoms with Crippen LogP contribution >= 0.6 is 0 Å². The average Bonchev–Trinajstić information content (AvgIpc) is 3.30. The Morgan fingerprint density at radius 3 is 2.62 bits per heavy atom. The molecule has 7 heteroatoms. The van der Waals surface area contributed by atoms with Crippen LogP contribution in [0, 0.1) is 10.8 Å². The summed E-state index contributed by atoms with van der Waals surface area (Å²) in [7, 11) is 0. The first-order valence-electron chi connectivity index (χ1n) is 8.23. The predicted molar refractivity (Wildman–Crippen MR) is 80.0 cm³/mol. The number of aliphatic hydroxyl groups is 3. The molecule has 7 nitrogen and oxygen atoms in total. The Balaban J connectivity index is 1.98. The number of carbonyl (C=O) groups is 2. The van der Waals surface area contributed by atoms with Gasteiger partial charge in [-0.25, -0.2) is 0 Å². The SMILES string of the molecule is CC(=O)C[C@@]12[C@H](O)[C@@H](O)[C@@H](O[C@@H]3C=C(C)C(=O)C[C@@]31CO)[C@]21CO1. The Hall–Kier alpha value is -1.12. The van der Waals surface area contributed by atoms with Gasteiger partial charge in [-0.1, -0.05) is 0 Å². The highest BCUT2D eigenvalue weighted by molar-refractivity contribution is 5.96. The van der Waals surface area contributed by atoms with Gasteiger partial charge in [0.05, 0.1) is 30.8 Å². The Morgan fingerprint density at radius 1 is 1.42 bits per heavy atom. The van der Waals surface area contributed by atoms with Gasteiger partial charge in [0, 0.05) is 18.3 Å². The molecule has 0 aromatic carbocycles. The van der Waals surface area contributed by atoms with E-state index in [0.29, 0.717) is 5.57 Å². The zero-order valence-electron chi connectivity index (χ0n) is 13.7. The van der Waals surface area contributed by atoms with Gasteiger partial charge in [0.25, 0.3) is 0 Å². The second-order valence-corrected chi connectivity index (χ2v) is 7.70. The molecule has 0 aromatic heterocycles. The zero-order valence-corrected chi connectivity index (χ0v) is 13.7. The maximum absolute atomic E-state index is 12.4. The zero-order chi connectivity index (χ0) is 17.5. The molecule has 1 spiro atoms. The molecule has 3 N–H and O–H groups in total. The monoisotopic (exact) mass is 338 g/mol. The lowest BCUT2D eigenvalue weighted by atomic mass is 9.49. The Bertz CT molecular complexity index is 651. The van der Waals surface area contributed by atoms with Crippen LogP contribution in [0.5, 0.6) is 0 Å². The van der Waals surface area contributed by atoms with Crippen molar-refractivity contribution in [3.63, 3.8) is 0 Å². The van der Waals surface area contributed by atoms with E-state index in [1.165, 1.54) is 6.92 Å². The molecule has 132 valence electrons. The van der Waals surface area contributed by atoms with Crippen molar-refractivity contribution < 1.29 is 34.4 Å². The molecule has 4 rings (SSSR count). The van der Waals surface area contributed by atoms with E-state index in [-0.39, 0.29) is 31.0 Å². The van der Waals surface area contributed by atoms with Gasteiger partial charge in [0.2, 0.25) is 0 Å². The summed E-state index contributed by atoms with van der Waals surface area (Å²) in [5.74, 6) is -0.348. The molecule has 4 aliphatic rings. The van der Waals surface area contributed by atoms with Gasteiger partial charge in [-0.15, -0.1) is 0 Å². The van der Waals surface area contributed by atoms with Crippen LogP contribution in [0.25, 0.3) is 0 Å². The lowest BCUT2D eigenvalue weighted by Crippen LogP contribution is -2.68. The molecule has 2 heterocycles. The van der Waals surface area contributed by atoms with Crippen LogP contribution in [-0.4, -0.2) is 70.1 Å². The van der Waals surface area contributed by atoms with Crippen molar-refractivity contribution >= 4 is 11.6 Å². The number of epoxide rings is 1. The van der Waals surface area contributed by atoms with Crippen molar-refractivity contribution in [3.05, 3.63) is 11.6 Å². The topological polar surface area (TPSA) is 117 Å². The number of aliphatic hydroxyl groups excluding tert-OH is 3. The first kappa shape index (κ1) is 16.4. The molecule has 7 atom stereocenters. The quantitative estimate of drug-likeness (QED) is 0.572. The lowest BCUT2D eigenvalue weighted by molar-refractivity contribution is -0.232. The van der Waals surface area contributed by atoms with Gasteiger partial charge < -0.3 is 29.6 Å². The maximum Gasteiger partial charge on any atom is 0.159 e. The fourth-order valence-corrected chi connectivity index (χ4v) is 5.50. The number of hydrogen-bond donors (Lipinski definition) is 3. The number of hydrogen-bond acceptors (Lipinski definition) is 7. The molecule has 24 heavy (non-hydrogen) atoms. The number of fused-ring (bicyclic) bond motifs is 2. The summed E-state index contributed by atoms with van der Waals surface area (Å²) in [5, 5.41) is 31.8. The van der Waals surface area contributed by atoms with Crippen LogP contribution in [0.3, 0.4) is 0 Å². The molecule has 0 amide bonds. The number of allylic oxidation sites excluding steroid dienone is 1. The Kier molecular flexibility index (Phi) is 3.23. The fraction of sp³-hybridized carbons (Fsp3) is 0.765. The van der Waals surface area contributed by atoms with Crippen molar-refractivity contribution in [1.29, 1.82) is 0 Å². The maximum atomic E-state index is 12.4. The summed E-state index contributed by atoms with van der Waals surface area (Å²) in [6.07, 6.45) is -2.48. The molecule has 2 aliphatic heterocycles. The molecular formula is C17H22O7. The van der Waals surface area contributed by atoms with Crippen molar-refractivity contribution in [2.24, 2.45) is 10.8 Å². The minimum absolute atomic E-state index is 0.0502. The van der Waals surface area contributed by atoms with Crippen molar-refractivity contribution in [1.82, 2.24) is 0 Å². The van der Waals surface area contributed by atoms with Gasteiger partial charge in [-0.3, -0.25) is 4.79 Å². The molecular weight excluding hydrogens is 316 g/mol. The molecule has 0 aromatic rings. The molecule has 2 aliphatic carbocycles. The van der Waals surface area contributed by atoms with E-state index in [2.05, 4.69) is 0 Å². The van der Waals surface area contributed by atoms with E-state index in [1.807, 2.05) is 0 Å². The summed E-state index contributed by atoms with van der Waals surface area (Å²) >= 11 is 0. The molecule has 3 fully saturated rings. The summed E-state index contributed by atoms with van der Waals surface area (Å²) in [6, 6.07) is 0. The van der Waals surface area contributed by atoms with Crippen LogP contribution in [0.4, 0.5) is 0 Å². The van der Waals surface area contributed by atoms with E-state index in [0.717, 1.165) is 0 Å². The normalized spacial score (nSPS) is 52.2. The molecule has 1 saturated carbocycles. The van der Waals surface area contributed by atoms with Gasteiger partial charge in [-0.2, -0.15) is 0 Å². The standard InChI is InChI=1S/C17H22O7/c1-8-3-11-15(6-18,5-10(8)20)16(4-9(2)19)13(22)12(21)14(24-11)17(16)7-23-17/h3,11-14,18,21-22H,4-7H2,1-2H3/t11-,12-,13-,14-,15-,16-,17-/m1/s1. The van der Waals surface area contributed by atoms with Gasteiger partial charge in [0.15, 0.2) is 5.78 Å². The number of rotatable bonds is 3.